The number of thioether (sulfide) groups is 1. The van der Waals surface area contributed by atoms with Crippen LogP contribution in [0, 0.1) is 12.8 Å². The van der Waals surface area contributed by atoms with Crippen LogP contribution in [0.4, 0.5) is 5.69 Å². The summed E-state index contributed by atoms with van der Waals surface area (Å²) in [5.41, 5.74) is 13.9. The van der Waals surface area contributed by atoms with E-state index in [1.54, 1.807) is 49.4 Å². The molecule has 188 valence electrons. The predicted molar refractivity (Wildman–Crippen MR) is 139 cm³/mol. The van der Waals surface area contributed by atoms with Gasteiger partial charge in [0.2, 0.25) is 5.91 Å². The number of rotatable bonds is 7. The summed E-state index contributed by atoms with van der Waals surface area (Å²) in [6.07, 6.45) is -1.75. The minimum Gasteiger partial charge on any atom is -0.398 e. The third-order valence-electron chi connectivity index (χ3n) is 6.07. The van der Waals surface area contributed by atoms with Crippen molar-refractivity contribution in [3.05, 3.63) is 65.2 Å². The van der Waals surface area contributed by atoms with Crippen LogP contribution in [0.2, 0.25) is 0 Å². The summed E-state index contributed by atoms with van der Waals surface area (Å²) in [4.78, 5) is 41.5. The third-order valence-corrected chi connectivity index (χ3v) is 7.09. The molecule has 1 saturated heterocycles. The minimum atomic E-state index is -1.75. The highest BCUT2D eigenvalue weighted by Crippen LogP contribution is 2.31. The van der Waals surface area contributed by atoms with Crippen molar-refractivity contribution >= 4 is 35.0 Å². The Kier molecular flexibility index (Phi) is 8.25. The summed E-state index contributed by atoms with van der Waals surface area (Å²) in [5.74, 6) is -2.12. The quantitative estimate of drug-likeness (QED) is 0.339. The van der Waals surface area contributed by atoms with Crippen molar-refractivity contribution in [3.8, 4) is 0 Å². The van der Waals surface area contributed by atoms with Crippen LogP contribution in [0.1, 0.15) is 48.3 Å². The largest absolute Gasteiger partial charge is 0.398 e. The Morgan fingerprint density at radius 1 is 1.11 bits per heavy atom. The van der Waals surface area contributed by atoms with Crippen LogP contribution in [0.25, 0.3) is 0 Å². The van der Waals surface area contributed by atoms with Gasteiger partial charge in [-0.05, 0) is 44.9 Å². The molecule has 3 rings (SSSR count). The van der Waals surface area contributed by atoms with E-state index in [9.17, 15) is 19.5 Å². The molecule has 0 saturated carbocycles. The molecule has 4 atom stereocenters. The molecule has 0 bridgehead atoms. The molecule has 0 aromatic heterocycles. The Hall–Kier alpha value is -2.88. The summed E-state index contributed by atoms with van der Waals surface area (Å²) in [6.45, 7) is 7.28. The molecular weight excluding hydrogens is 464 g/mol. The van der Waals surface area contributed by atoms with Gasteiger partial charge in [-0.3, -0.25) is 14.4 Å². The second-order valence-electron chi connectivity index (χ2n) is 9.85. The molecule has 1 aliphatic rings. The zero-order valence-corrected chi connectivity index (χ0v) is 21.3. The number of hydrogen-bond donors (Lipinski definition) is 4. The highest BCUT2D eigenvalue weighted by Gasteiger charge is 2.44. The maximum absolute atomic E-state index is 13.7. The highest BCUT2D eigenvalue weighted by molar-refractivity contribution is 7.99. The van der Waals surface area contributed by atoms with Gasteiger partial charge in [-0.1, -0.05) is 42.5 Å². The zero-order chi connectivity index (χ0) is 25.9. The second-order valence-corrected chi connectivity index (χ2v) is 10.9. The number of carbonyl (C=O) groups is 3. The number of nitrogens with zero attached hydrogens (tertiary/aromatic N) is 1. The Balaban J connectivity index is 1.96. The van der Waals surface area contributed by atoms with Gasteiger partial charge in [0.15, 0.2) is 5.78 Å². The monoisotopic (exact) mass is 498 g/mol. The van der Waals surface area contributed by atoms with Crippen molar-refractivity contribution in [1.29, 1.82) is 0 Å². The van der Waals surface area contributed by atoms with E-state index in [0.29, 0.717) is 28.1 Å². The van der Waals surface area contributed by atoms with Crippen LogP contribution in [0.5, 0.6) is 0 Å². The average Bonchev–Trinajstić information content (AvgIpc) is 3.30. The van der Waals surface area contributed by atoms with E-state index < -0.39 is 41.3 Å². The van der Waals surface area contributed by atoms with Gasteiger partial charge < -0.3 is 26.8 Å². The van der Waals surface area contributed by atoms with Crippen LogP contribution in [-0.2, 0) is 9.59 Å². The van der Waals surface area contributed by atoms with Crippen LogP contribution in [0.15, 0.2) is 48.5 Å². The summed E-state index contributed by atoms with van der Waals surface area (Å²) in [5, 5.41) is 14.2. The van der Waals surface area contributed by atoms with E-state index in [1.165, 1.54) is 16.7 Å². The molecular formula is C26H34N4O4S. The van der Waals surface area contributed by atoms with Crippen LogP contribution in [0.3, 0.4) is 0 Å². The van der Waals surface area contributed by atoms with E-state index >= 15 is 0 Å². The van der Waals surface area contributed by atoms with Crippen LogP contribution < -0.4 is 16.8 Å². The zero-order valence-electron chi connectivity index (χ0n) is 20.5. The maximum Gasteiger partial charge on any atom is 0.253 e. The molecule has 0 aliphatic carbocycles. The summed E-state index contributed by atoms with van der Waals surface area (Å²) >= 11 is 1.42. The number of aliphatic hydroxyl groups is 1. The Morgan fingerprint density at radius 3 is 2.40 bits per heavy atom. The molecule has 1 unspecified atom stereocenters. The van der Waals surface area contributed by atoms with Crippen molar-refractivity contribution in [1.82, 2.24) is 10.2 Å². The van der Waals surface area contributed by atoms with E-state index in [0.717, 1.165) is 0 Å². The van der Waals surface area contributed by atoms with E-state index in [4.69, 9.17) is 11.5 Å². The van der Waals surface area contributed by atoms with E-state index in [2.05, 4.69) is 5.32 Å². The number of ketones is 1. The number of Topliss-reactive ketones (excluding diaryl/α,β-unsaturated/α-hetero) is 1. The van der Waals surface area contributed by atoms with Crippen molar-refractivity contribution in [2.24, 2.45) is 11.7 Å². The van der Waals surface area contributed by atoms with Crippen LogP contribution >= 0.6 is 11.8 Å². The predicted octanol–water partition coefficient (Wildman–Crippen LogP) is 2.25. The van der Waals surface area contributed by atoms with Gasteiger partial charge in [0, 0.05) is 28.6 Å². The number of hydrogen-bond acceptors (Lipinski definition) is 7. The lowest BCUT2D eigenvalue weighted by Crippen LogP contribution is -2.56. The Labute approximate surface area is 210 Å². The first-order valence-corrected chi connectivity index (χ1v) is 12.7. The first kappa shape index (κ1) is 26.7. The molecule has 0 spiro atoms. The first-order chi connectivity index (χ1) is 16.4. The third kappa shape index (κ3) is 6.04. The van der Waals surface area contributed by atoms with Gasteiger partial charge in [-0.25, -0.2) is 0 Å². The number of nitrogens with two attached hydrogens (primary N) is 2. The molecule has 2 amide bonds. The molecule has 8 nitrogen and oxygen atoms in total. The smallest absolute Gasteiger partial charge is 0.253 e. The molecule has 1 heterocycles. The summed E-state index contributed by atoms with van der Waals surface area (Å²) in [6, 6.07) is 12.1. The molecule has 2 aromatic rings. The topological polar surface area (TPSA) is 139 Å². The molecule has 9 heteroatoms. The fourth-order valence-corrected chi connectivity index (χ4v) is 5.30. The number of amides is 2. The summed E-state index contributed by atoms with van der Waals surface area (Å²) < 4.78 is 0. The number of aliphatic hydroxyl groups excluding tert-OH is 1. The lowest BCUT2D eigenvalue weighted by molar-refractivity contribution is -0.147. The van der Waals surface area contributed by atoms with Gasteiger partial charge in [-0.2, -0.15) is 0 Å². The van der Waals surface area contributed by atoms with E-state index in [1.807, 2.05) is 26.8 Å². The van der Waals surface area contributed by atoms with Crippen molar-refractivity contribution in [2.75, 3.05) is 17.4 Å². The minimum absolute atomic E-state index is 0.233. The van der Waals surface area contributed by atoms with Crippen molar-refractivity contribution in [2.45, 2.75) is 51.4 Å². The lowest BCUT2D eigenvalue weighted by Gasteiger charge is -2.32. The molecule has 1 aliphatic heterocycles. The second kappa shape index (κ2) is 10.8. The number of nitrogen functional groups attached to an aromatic ring is 1. The van der Waals surface area contributed by atoms with Crippen molar-refractivity contribution < 1.29 is 19.5 Å². The molecule has 35 heavy (non-hydrogen) atoms. The number of anilines is 1. The normalized spacial score (nSPS) is 18.6. The molecule has 2 aromatic carbocycles. The highest BCUT2D eigenvalue weighted by atomic mass is 32.2. The van der Waals surface area contributed by atoms with Crippen LogP contribution in [-0.4, -0.2) is 56.9 Å². The maximum atomic E-state index is 13.7. The number of nitrogens with one attached hydrogen (secondary N) is 1. The van der Waals surface area contributed by atoms with Gasteiger partial charge in [0.1, 0.15) is 12.1 Å². The van der Waals surface area contributed by atoms with Gasteiger partial charge in [0.25, 0.3) is 5.91 Å². The van der Waals surface area contributed by atoms with Crippen molar-refractivity contribution in [3.63, 3.8) is 0 Å². The van der Waals surface area contributed by atoms with Gasteiger partial charge in [0.05, 0.1) is 11.8 Å². The fraction of sp³-hybridized carbons (Fsp3) is 0.423. The number of carbonyl (C=O) groups excluding carboxylic acids is 3. The van der Waals surface area contributed by atoms with E-state index in [-0.39, 0.29) is 11.8 Å². The lowest BCUT2D eigenvalue weighted by atomic mass is 9.81. The van der Waals surface area contributed by atoms with Gasteiger partial charge >= 0.3 is 0 Å². The standard InChI is InChI=1S/C26H34N4O4S/c1-15-17(11-8-12-18(15)27)22(31)20(21(28)16-9-6-5-7-10-16)23(32)25(34)30-14-35-13-19(30)24(33)29-26(2,3)4/h5-12,19-21,23,32H,13-14,27-28H2,1-4H3,(H,29,33)/t19-,20+,21?,23-/m0/s1. The first-order valence-electron chi connectivity index (χ1n) is 11.5. The Morgan fingerprint density at radius 2 is 1.77 bits per heavy atom. The SMILES string of the molecule is Cc1c(N)cccc1C(=O)[C@@H](C(N)c1ccccc1)[C@H](O)C(=O)N1CSC[C@H]1C(=O)NC(C)(C)C. The average molecular weight is 499 g/mol. The molecule has 0 radical (unpaired) electrons. The van der Waals surface area contributed by atoms with Gasteiger partial charge in [-0.15, -0.1) is 11.8 Å². The number of benzene rings is 2. The molecule has 6 N–H and O–H groups in total. The summed E-state index contributed by atoms with van der Waals surface area (Å²) in [7, 11) is 0. The fourth-order valence-electron chi connectivity index (χ4n) is 4.14. The Bertz CT molecular complexity index is 1090. The molecule has 1 fully saturated rings.